The Labute approximate surface area is 118 Å². The number of nitrogen functional groups attached to an aromatic ring is 1. The Hall–Kier alpha value is -2.61. The molecule has 7 nitrogen and oxygen atoms in total. The molecule has 2 aromatic rings. The molecule has 0 aliphatic heterocycles. The predicted octanol–water partition coefficient (Wildman–Crippen LogP) is 1.21. The van der Waals surface area contributed by atoms with Gasteiger partial charge in [0.2, 0.25) is 0 Å². The lowest BCUT2D eigenvalue weighted by Crippen LogP contribution is -2.17. The number of carbonyl (C=O) groups excluding carboxylic acids is 1. The number of carbonyl (C=O) groups is 1. The van der Waals surface area contributed by atoms with E-state index in [1.54, 1.807) is 13.0 Å². The van der Waals surface area contributed by atoms with E-state index in [1.165, 1.54) is 18.3 Å². The zero-order valence-corrected chi connectivity index (χ0v) is 11.3. The lowest BCUT2D eigenvalue weighted by molar-refractivity contribution is 0.0958. The maximum Gasteiger partial charge on any atom is 0.283 e. The minimum atomic E-state index is -0.407. The monoisotopic (exact) mass is 292 g/mol. The molecule has 0 aliphatic rings. The van der Waals surface area contributed by atoms with Crippen molar-refractivity contribution in [2.75, 3.05) is 5.73 Å². The fourth-order valence-corrected chi connectivity index (χ4v) is 2.19. The van der Waals surface area contributed by atoms with Crippen molar-refractivity contribution in [1.82, 2.24) is 10.4 Å². The van der Waals surface area contributed by atoms with Gasteiger partial charge in [-0.25, -0.2) is 10.4 Å². The van der Waals surface area contributed by atoms with E-state index in [1.807, 2.05) is 0 Å². The zero-order valence-electron chi connectivity index (χ0n) is 10.5. The summed E-state index contributed by atoms with van der Waals surface area (Å²) in [5.41, 5.74) is 8.91. The van der Waals surface area contributed by atoms with Gasteiger partial charge in [-0.2, -0.15) is 5.10 Å². The number of benzene rings is 1. The first-order valence-corrected chi connectivity index (χ1v) is 6.37. The summed E-state index contributed by atoms with van der Waals surface area (Å²) in [5.74, 6) is -0.885. The Morgan fingerprint density at radius 3 is 2.80 bits per heavy atom. The van der Waals surface area contributed by atoms with Crippen molar-refractivity contribution in [3.8, 4) is 11.5 Å². The van der Waals surface area contributed by atoms with Crippen LogP contribution in [0.15, 0.2) is 23.3 Å². The van der Waals surface area contributed by atoms with Gasteiger partial charge in [0.25, 0.3) is 5.91 Å². The van der Waals surface area contributed by atoms with E-state index in [-0.39, 0.29) is 11.5 Å². The molecule has 0 saturated carbocycles. The number of aromatic hydroxyl groups is 2. The SMILES string of the molecule is Cc1nc(N)sc1C(=O)N/N=C\c1ccc(O)c(O)c1. The first-order chi connectivity index (χ1) is 9.47. The van der Waals surface area contributed by atoms with Crippen LogP contribution in [0.1, 0.15) is 20.9 Å². The summed E-state index contributed by atoms with van der Waals surface area (Å²) in [7, 11) is 0. The molecular weight excluding hydrogens is 280 g/mol. The van der Waals surface area contributed by atoms with Crippen LogP contribution in [-0.2, 0) is 0 Å². The lowest BCUT2D eigenvalue weighted by atomic mass is 10.2. The first-order valence-electron chi connectivity index (χ1n) is 5.55. The van der Waals surface area contributed by atoms with Gasteiger partial charge in [-0.05, 0) is 30.7 Å². The van der Waals surface area contributed by atoms with Crippen LogP contribution >= 0.6 is 11.3 Å². The molecule has 0 spiro atoms. The van der Waals surface area contributed by atoms with E-state index in [2.05, 4.69) is 15.5 Å². The molecule has 1 aromatic heterocycles. The summed E-state index contributed by atoms with van der Waals surface area (Å²) in [6.45, 7) is 1.68. The first kappa shape index (κ1) is 13.8. The Bertz CT molecular complexity index is 681. The number of hydrazone groups is 1. The number of amides is 1. The largest absolute Gasteiger partial charge is 0.504 e. The molecule has 0 radical (unpaired) electrons. The van der Waals surface area contributed by atoms with Crippen molar-refractivity contribution in [2.24, 2.45) is 5.10 Å². The lowest BCUT2D eigenvalue weighted by Gasteiger charge is -1.99. The van der Waals surface area contributed by atoms with Crippen LogP contribution in [0.2, 0.25) is 0 Å². The van der Waals surface area contributed by atoms with Crippen LogP contribution in [0.25, 0.3) is 0 Å². The molecule has 0 saturated heterocycles. The minimum Gasteiger partial charge on any atom is -0.504 e. The molecule has 8 heteroatoms. The van der Waals surface area contributed by atoms with Crippen molar-refractivity contribution in [3.63, 3.8) is 0 Å². The molecule has 0 atom stereocenters. The van der Waals surface area contributed by atoms with Gasteiger partial charge in [-0.3, -0.25) is 4.79 Å². The number of nitrogens with zero attached hydrogens (tertiary/aromatic N) is 2. The fraction of sp³-hybridized carbons (Fsp3) is 0.0833. The summed E-state index contributed by atoms with van der Waals surface area (Å²) in [4.78, 5) is 16.1. The van der Waals surface area contributed by atoms with Crippen LogP contribution in [0.5, 0.6) is 11.5 Å². The second kappa shape index (κ2) is 5.57. The summed E-state index contributed by atoms with van der Waals surface area (Å²) in [6.07, 6.45) is 1.34. The molecule has 2 rings (SSSR count). The van der Waals surface area contributed by atoms with Gasteiger partial charge in [0.05, 0.1) is 11.9 Å². The van der Waals surface area contributed by atoms with Crippen LogP contribution in [0.4, 0.5) is 5.13 Å². The Morgan fingerprint density at radius 1 is 1.45 bits per heavy atom. The smallest absolute Gasteiger partial charge is 0.283 e. The number of phenolic OH excluding ortho intramolecular Hbond substituents is 2. The molecule has 1 aromatic carbocycles. The van der Waals surface area contributed by atoms with E-state index in [4.69, 9.17) is 10.8 Å². The average molecular weight is 292 g/mol. The maximum absolute atomic E-state index is 11.8. The Balaban J connectivity index is 2.04. The second-order valence-electron chi connectivity index (χ2n) is 3.91. The number of anilines is 1. The summed E-state index contributed by atoms with van der Waals surface area (Å²) >= 11 is 1.08. The molecule has 0 bridgehead atoms. The van der Waals surface area contributed by atoms with Crippen molar-refractivity contribution in [3.05, 3.63) is 34.3 Å². The van der Waals surface area contributed by atoms with Crippen molar-refractivity contribution >= 4 is 28.6 Å². The highest BCUT2D eigenvalue weighted by atomic mass is 32.1. The molecule has 0 unspecified atom stereocenters. The molecule has 104 valence electrons. The standard InChI is InChI=1S/C12H12N4O3S/c1-6-10(20-12(13)15-6)11(19)16-14-5-7-2-3-8(17)9(18)4-7/h2-5,17-18H,1H3,(H2,13,15)(H,16,19)/b14-5-. The quantitative estimate of drug-likeness (QED) is 0.385. The molecule has 5 N–H and O–H groups in total. The van der Waals surface area contributed by atoms with E-state index in [0.29, 0.717) is 21.3 Å². The highest BCUT2D eigenvalue weighted by molar-refractivity contribution is 7.17. The fourth-order valence-electron chi connectivity index (χ4n) is 1.46. The number of thiazole rings is 1. The van der Waals surface area contributed by atoms with Crippen molar-refractivity contribution in [2.45, 2.75) is 6.92 Å². The van der Waals surface area contributed by atoms with Crippen LogP contribution < -0.4 is 11.2 Å². The molecule has 1 heterocycles. The third kappa shape index (κ3) is 3.04. The van der Waals surface area contributed by atoms with Gasteiger partial charge in [0.15, 0.2) is 16.6 Å². The molecule has 20 heavy (non-hydrogen) atoms. The van der Waals surface area contributed by atoms with Gasteiger partial charge in [0.1, 0.15) is 4.88 Å². The average Bonchev–Trinajstić information content (AvgIpc) is 2.73. The predicted molar refractivity (Wildman–Crippen MR) is 76.1 cm³/mol. The van der Waals surface area contributed by atoms with E-state index >= 15 is 0 Å². The van der Waals surface area contributed by atoms with Crippen LogP contribution in [0.3, 0.4) is 0 Å². The van der Waals surface area contributed by atoms with Crippen LogP contribution in [-0.4, -0.2) is 27.3 Å². The van der Waals surface area contributed by atoms with Crippen LogP contribution in [0, 0.1) is 6.92 Å². The molecular formula is C12H12N4O3S. The number of phenols is 2. The molecule has 0 fully saturated rings. The van der Waals surface area contributed by atoms with Gasteiger partial charge in [0, 0.05) is 0 Å². The zero-order chi connectivity index (χ0) is 14.7. The number of rotatable bonds is 3. The normalized spacial score (nSPS) is 10.8. The highest BCUT2D eigenvalue weighted by Gasteiger charge is 2.13. The highest BCUT2D eigenvalue weighted by Crippen LogP contribution is 2.24. The molecule has 0 aliphatic carbocycles. The van der Waals surface area contributed by atoms with Gasteiger partial charge in [-0.1, -0.05) is 11.3 Å². The molecule has 1 amide bonds. The summed E-state index contributed by atoms with van der Waals surface area (Å²) in [5, 5.41) is 22.5. The van der Waals surface area contributed by atoms with E-state index in [0.717, 1.165) is 11.3 Å². The number of aryl methyl sites for hydroxylation is 1. The Morgan fingerprint density at radius 2 is 2.20 bits per heavy atom. The minimum absolute atomic E-state index is 0.220. The maximum atomic E-state index is 11.8. The number of nitrogens with two attached hydrogens (primary N) is 1. The van der Waals surface area contributed by atoms with Gasteiger partial charge in [-0.15, -0.1) is 0 Å². The van der Waals surface area contributed by atoms with E-state index in [9.17, 15) is 9.90 Å². The topological polar surface area (TPSA) is 121 Å². The number of aromatic nitrogens is 1. The second-order valence-corrected chi connectivity index (χ2v) is 4.94. The third-order valence-electron chi connectivity index (χ3n) is 2.40. The van der Waals surface area contributed by atoms with E-state index < -0.39 is 5.91 Å². The van der Waals surface area contributed by atoms with Gasteiger partial charge >= 0.3 is 0 Å². The Kier molecular flexibility index (Phi) is 3.85. The summed E-state index contributed by atoms with van der Waals surface area (Å²) in [6, 6.07) is 4.19. The third-order valence-corrected chi connectivity index (χ3v) is 3.38. The van der Waals surface area contributed by atoms with Crippen molar-refractivity contribution < 1.29 is 15.0 Å². The summed E-state index contributed by atoms with van der Waals surface area (Å²) < 4.78 is 0. The van der Waals surface area contributed by atoms with Crippen molar-refractivity contribution in [1.29, 1.82) is 0 Å². The van der Waals surface area contributed by atoms with Gasteiger partial charge < -0.3 is 15.9 Å². The number of nitrogens with one attached hydrogen (secondary N) is 1. The number of hydrogen-bond donors (Lipinski definition) is 4. The number of hydrogen-bond acceptors (Lipinski definition) is 7.